The van der Waals surface area contributed by atoms with Crippen LogP contribution in [0.3, 0.4) is 0 Å². The Labute approximate surface area is 89.2 Å². The summed E-state index contributed by atoms with van der Waals surface area (Å²) in [5, 5.41) is 1.17. The molecule has 76 valence electrons. The first-order chi connectivity index (χ1) is 7.22. The number of hydrogen-bond acceptors (Lipinski definition) is 1. The number of Topliss-reactive ketones (excluding diaryl/α,β-unsaturated/α-hetero) is 1. The summed E-state index contributed by atoms with van der Waals surface area (Å²) in [6.07, 6.45) is 2.03. The topological polar surface area (TPSA) is 20.9 Å². The third-order valence-electron chi connectivity index (χ3n) is 2.63. The highest BCUT2D eigenvalue weighted by atomic mass is 16.1. The Morgan fingerprint density at radius 3 is 2.80 bits per heavy atom. The van der Waals surface area contributed by atoms with Crippen LogP contribution in [0.25, 0.3) is 10.9 Å². The predicted octanol–water partition coefficient (Wildman–Crippen LogP) is 2.35. The molecule has 0 bridgehead atoms. The number of rotatable bonds is 2. The van der Waals surface area contributed by atoms with Gasteiger partial charge < -0.3 is 0 Å². The number of carbonyl (C=O) groups is 1. The summed E-state index contributed by atoms with van der Waals surface area (Å²) in [6.45, 7) is 4.61. The lowest BCUT2D eigenvalue weighted by molar-refractivity contribution is -0.667. The lowest BCUT2D eigenvalue weighted by Gasteiger charge is -2.00. The monoisotopic (exact) mass is 200 g/mol. The fourth-order valence-electron chi connectivity index (χ4n) is 1.76. The van der Waals surface area contributed by atoms with Gasteiger partial charge in [0.15, 0.2) is 12.0 Å². The Kier molecular flexibility index (Phi) is 2.50. The number of hydrogen-bond donors (Lipinski definition) is 0. The highest BCUT2D eigenvalue weighted by molar-refractivity contribution is 5.97. The van der Waals surface area contributed by atoms with Crippen molar-refractivity contribution in [2.75, 3.05) is 0 Å². The molecule has 0 radical (unpaired) electrons. The molecule has 0 unspecified atom stereocenters. The molecule has 0 aliphatic rings. The van der Waals surface area contributed by atoms with Gasteiger partial charge in [0.2, 0.25) is 5.52 Å². The number of aryl methyl sites for hydroxylation is 1. The third-order valence-corrected chi connectivity index (χ3v) is 2.63. The van der Waals surface area contributed by atoms with Gasteiger partial charge >= 0.3 is 0 Å². The molecule has 0 N–H and O–H groups in total. The maximum Gasteiger partial charge on any atom is 0.213 e. The molecular weight excluding hydrogens is 186 g/mol. The van der Waals surface area contributed by atoms with Crippen LogP contribution in [0.5, 0.6) is 0 Å². The van der Waals surface area contributed by atoms with Gasteiger partial charge in [0.1, 0.15) is 6.54 Å². The third kappa shape index (κ3) is 1.75. The first-order valence-electron chi connectivity index (χ1n) is 5.15. The minimum atomic E-state index is 0.114. The SMILES string of the molecule is CC[n+]1cccc2ccc(C(C)=O)cc21. The number of nitrogens with zero attached hydrogens (tertiary/aromatic N) is 1. The summed E-state index contributed by atoms with van der Waals surface area (Å²) in [4.78, 5) is 11.3. The van der Waals surface area contributed by atoms with Crippen LogP contribution in [0, 0.1) is 0 Å². The normalized spacial score (nSPS) is 10.5. The van der Waals surface area contributed by atoms with Crippen molar-refractivity contribution in [3.05, 3.63) is 42.1 Å². The molecule has 0 amide bonds. The van der Waals surface area contributed by atoms with E-state index in [9.17, 15) is 4.79 Å². The van der Waals surface area contributed by atoms with Gasteiger partial charge in [-0.2, -0.15) is 4.57 Å². The largest absolute Gasteiger partial charge is 0.295 e. The number of ketones is 1. The van der Waals surface area contributed by atoms with Gasteiger partial charge in [0.25, 0.3) is 0 Å². The van der Waals surface area contributed by atoms with Crippen LogP contribution in [0.1, 0.15) is 24.2 Å². The van der Waals surface area contributed by atoms with E-state index in [0.29, 0.717) is 0 Å². The maximum atomic E-state index is 11.3. The van der Waals surface area contributed by atoms with E-state index in [-0.39, 0.29) is 5.78 Å². The van der Waals surface area contributed by atoms with Crippen LogP contribution in [0.2, 0.25) is 0 Å². The van der Waals surface area contributed by atoms with E-state index in [1.54, 1.807) is 6.92 Å². The highest BCUT2D eigenvalue weighted by Crippen LogP contribution is 2.12. The zero-order valence-electron chi connectivity index (χ0n) is 9.03. The first-order valence-corrected chi connectivity index (χ1v) is 5.15. The van der Waals surface area contributed by atoms with E-state index in [1.165, 1.54) is 5.39 Å². The lowest BCUT2D eigenvalue weighted by Crippen LogP contribution is -2.32. The van der Waals surface area contributed by atoms with Crippen LogP contribution in [0.15, 0.2) is 36.5 Å². The molecule has 2 aromatic rings. The zero-order valence-corrected chi connectivity index (χ0v) is 9.03. The molecule has 0 aliphatic carbocycles. The summed E-state index contributed by atoms with van der Waals surface area (Å²) in [6, 6.07) is 9.93. The summed E-state index contributed by atoms with van der Waals surface area (Å²) >= 11 is 0. The van der Waals surface area contributed by atoms with Crippen LogP contribution in [-0.4, -0.2) is 5.78 Å². The molecule has 0 spiro atoms. The molecule has 0 fully saturated rings. The lowest BCUT2D eigenvalue weighted by atomic mass is 10.1. The van der Waals surface area contributed by atoms with Gasteiger partial charge in [0.05, 0.1) is 0 Å². The minimum Gasteiger partial charge on any atom is -0.295 e. The average Bonchev–Trinajstić information content (AvgIpc) is 2.27. The van der Waals surface area contributed by atoms with Gasteiger partial charge in [-0.1, -0.05) is 6.07 Å². The predicted molar refractivity (Wildman–Crippen MR) is 59.8 cm³/mol. The summed E-state index contributed by atoms with van der Waals surface area (Å²) < 4.78 is 2.14. The van der Waals surface area contributed by atoms with Gasteiger partial charge in [-0.15, -0.1) is 0 Å². The molecule has 0 atom stereocenters. The quantitative estimate of drug-likeness (QED) is 0.538. The molecule has 15 heavy (non-hydrogen) atoms. The molecule has 1 heterocycles. The van der Waals surface area contributed by atoms with Crippen molar-refractivity contribution in [2.45, 2.75) is 20.4 Å². The molecule has 1 aromatic carbocycles. The zero-order chi connectivity index (χ0) is 10.8. The van der Waals surface area contributed by atoms with Crippen LogP contribution in [0.4, 0.5) is 0 Å². The Morgan fingerprint density at radius 2 is 2.13 bits per heavy atom. The number of benzene rings is 1. The molecule has 0 saturated carbocycles. The van der Waals surface area contributed by atoms with Crippen LogP contribution < -0.4 is 4.57 Å². The van der Waals surface area contributed by atoms with Gasteiger partial charge in [0, 0.05) is 23.1 Å². The maximum absolute atomic E-state index is 11.3. The van der Waals surface area contributed by atoms with E-state index in [0.717, 1.165) is 17.6 Å². The second-order valence-corrected chi connectivity index (χ2v) is 3.62. The molecule has 0 saturated heterocycles. The standard InChI is InChI=1S/C13H14NO/c1-3-14-8-4-5-11-6-7-12(10(2)15)9-13(11)14/h4-9H,3H2,1-2H3/q+1. The van der Waals surface area contributed by atoms with Crippen molar-refractivity contribution in [1.82, 2.24) is 0 Å². The van der Waals surface area contributed by atoms with Crippen molar-refractivity contribution in [2.24, 2.45) is 0 Å². The molecular formula is C13H14NO+. The molecule has 0 aliphatic heterocycles. The summed E-state index contributed by atoms with van der Waals surface area (Å²) in [5.74, 6) is 0.114. The number of fused-ring (bicyclic) bond motifs is 1. The van der Waals surface area contributed by atoms with Crippen LogP contribution in [-0.2, 0) is 6.54 Å². The molecule has 2 rings (SSSR count). The Hall–Kier alpha value is -1.70. The second-order valence-electron chi connectivity index (χ2n) is 3.62. The van der Waals surface area contributed by atoms with Crippen molar-refractivity contribution in [1.29, 1.82) is 0 Å². The Morgan fingerprint density at radius 1 is 1.33 bits per heavy atom. The molecule has 2 nitrogen and oxygen atoms in total. The van der Waals surface area contributed by atoms with Crippen molar-refractivity contribution in [3.8, 4) is 0 Å². The van der Waals surface area contributed by atoms with Gasteiger partial charge in [-0.25, -0.2) is 0 Å². The first kappa shape index (κ1) is 9.84. The van der Waals surface area contributed by atoms with E-state index in [4.69, 9.17) is 0 Å². The van der Waals surface area contributed by atoms with Crippen molar-refractivity contribution < 1.29 is 9.36 Å². The second kappa shape index (κ2) is 3.81. The van der Waals surface area contributed by atoms with Crippen LogP contribution >= 0.6 is 0 Å². The number of pyridine rings is 1. The Bertz CT molecular complexity index is 517. The van der Waals surface area contributed by atoms with E-state index in [1.807, 2.05) is 30.5 Å². The summed E-state index contributed by atoms with van der Waals surface area (Å²) in [5.41, 5.74) is 1.89. The summed E-state index contributed by atoms with van der Waals surface area (Å²) in [7, 11) is 0. The highest BCUT2D eigenvalue weighted by Gasteiger charge is 2.08. The Balaban J connectivity index is 2.72. The van der Waals surface area contributed by atoms with E-state index < -0.39 is 0 Å². The minimum absolute atomic E-state index is 0.114. The van der Waals surface area contributed by atoms with Crippen molar-refractivity contribution >= 4 is 16.7 Å². The molecule has 2 heteroatoms. The smallest absolute Gasteiger partial charge is 0.213 e. The average molecular weight is 200 g/mol. The van der Waals surface area contributed by atoms with E-state index >= 15 is 0 Å². The number of carbonyl (C=O) groups excluding carboxylic acids is 1. The number of aromatic nitrogens is 1. The van der Waals surface area contributed by atoms with Gasteiger partial charge in [-0.05, 0) is 26.0 Å². The molecule has 1 aromatic heterocycles. The van der Waals surface area contributed by atoms with E-state index in [2.05, 4.69) is 17.6 Å². The van der Waals surface area contributed by atoms with Crippen molar-refractivity contribution in [3.63, 3.8) is 0 Å². The fraction of sp³-hybridized carbons (Fsp3) is 0.231. The fourth-order valence-corrected chi connectivity index (χ4v) is 1.76. The van der Waals surface area contributed by atoms with Gasteiger partial charge in [-0.3, -0.25) is 4.79 Å².